The smallest absolute Gasteiger partial charge is 0.127 e. The zero-order valence-corrected chi connectivity index (χ0v) is 11.3. The normalized spacial score (nSPS) is 17.1. The highest BCUT2D eigenvalue weighted by molar-refractivity contribution is 6.67. The van der Waals surface area contributed by atoms with Crippen molar-refractivity contribution in [3.8, 4) is 0 Å². The first kappa shape index (κ1) is 14.7. The number of alkyl halides is 6. The summed E-state index contributed by atoms with van der Waals surface area (Å²) in [6.07, 6.45) is 1.80. The molecule has 0 aromatic carbocycles. The molecule has 0 aromatic heterocycles. The van der Waals surface area contributed by atoms with Crippen LogP contribution in [0.2, 0.25) is 0 Å². The van der Waals surface area contributed by atoms with Gasteiger partial charge in [-0.05, 0) is 12.8 Å². The van der Waals surface area contributed by atoms with E-state index in [2.05, 4.69) is 0 Å². The summed E-state index contributed by atoms with van der Waals surface area (Å²) in [6.45, 7) is 0. The van der Waals surface area contributed by atoms with Crippen molar-refractivity contribution in [2.75, 3.05) is 5.88 Å². The standard InChI is InChI=1S/C7H10Cl6/c8-3-1-2-5(9)6(10)4-7(11,12)13/h5-6H,1-4H2. The quantitative estimate of drug-likeness (QED) is 0.628. The molecule has 80 valence electrons. The molecule has 0 N–H and O–H groups in total. The van der Waals surface area contributed by atoms with E-state index in [-0.39, 0.29) is 17.2 Å². The molecular formula is C7H10Cl6. The molecule has 2 atom stereocenters. The van der Waals surface area contributed by atoms with Gasteiger partial charge >= 0.3 is 0 Å². The Kier molecular flexibility index (Phi) is 8.03. The van der Waals surface area contributed by atoms with Crippen LogP contribution in [0.15, 0.2) is 0 Å². The SMILES string of the molecule is ClCCCC(Cl)C(Cl)CC(Cl)(Cl)Cl. The molecule has 0 aliphatic carbocycles. The second-order valence-electron chi connectivity index (χ2n) is 2.68. The Morgan fingerprint density at radius 1 is 1.00 bits per heavy atom. The van der Waals surface area contributed by atoms with Gasteiger partial charge in [-0.2, -0.15) is 0 Å². The van der Waals surface area contributed by atoms with Gasteiger partial charge in [0, 0.05) is 12.3 Å². The minimum Gasteiger partial charge on any atom is -0.127 e. The molecule has 0 nitrogen and oxygen atoms in total. The Morgan fingerprint density at radius 3 is 1.92 bits per heavy atom. The highest BCUT2D eigenvalue weighted by Gasteiger charge is 2.28. The highest BCUT2D eigenvalue weighted by atomic mass is 35.6. The second-order valence-corrected chi connectivity index (χ2v) is 6.70. The number of halogens is 6. The molecule has 0 fully saturated rings. The molecule has 13 heavy (non-hydrogen) atoms. The largest absolute Gasteiger partial charge is 0.192 e. The van der Waals surface area contributed by atoms with Crippen molar-refractivity contribution in [2.24, 2.45) is 0 Å². The Bertz CT molecular complexity index is 131. The van der Waals surface area contributed by atoms with E-state index in [1.165, 1.54) is 0 Å². The minimum atomic E-state index is -1.33. The van der Waals surface area contributed by atoms with E-state index in [1.54, 1.807) is 0 Å². The van der Waals surface area contributed by atoms with Gasteiger partial charge in [-0.25, -0.2) is 0 Å². The monoisotopic (exact) mass is 304 g/mol. The van der Waals surface area contributed by atoms with Gasteiger partial charge in [-0.3, -0.25) is 0 Å². The predicted octanol–water partition coefficient (Wildman–Crippen LogP) is 4.98. The van der Waals surface area contributed by atoms with Crippen molar-refractivity contribution in [3.05, 3.63) is 0 Å². The maximum atomic E-state index is 5.95. The van der Waals surface area contributed by atoms with E-state index in [9.17, 15) is 0 Å². The topological polar surface area (TPSA) is 0 Å². The van der Waals surface area contributed by atoms with Crippen LogP contribution in [0.25, 0.3) is 0 Å². The van der Waals surface area contributed by atoms with Crippen molar-refractivity contribution in [2.45, 2.75) is 33.8 Å². The maximum Gasteiger partial charge on any atom is 0.192 e. The van der Waals surface area contributed by atoms with Gasteiger partial charge in [-0.1, -0.05) is 34.8 Å². The summed E-state index contributed by atoms with van der Waals surface area (Å²) in [4.78, 5) is 0. The van der Waals surface area contributed by atoms with Crippen LogP contribution in [0.3, 0.4) is 0 Å². The van der Waals surface area contributed by atoms with Crippen LogP contribution in [0, 0.1) is 0 Å². The third-order valence-electron chi connectivity index (χ3n) is 1.43. The lowest BCUT2D eigenvalue weighted by Gasteiger charge is -2.19. The molecule has 0 amide bonds. The lowest BCUT2D eigenvalue weighted by Crippen LogP contribution is -2.21. The first-order valence-electron chi connectivity index (χ1n) is 3.77. The number of hydrogen-bond donors (Lipinski definition) is 0. The average Bonchev–Trinajstić information content (AvgIpc) is 1.96. The zero-order chi connectivity index (χ0) is 10.5. The molecular weight excluding hydrogens is 297 g/mol. The molecule has 0 radical (unpaired) electrons. The van der Waals surface area contributed by atoms with Gasteiger partial charge in [-0.15, -0.1) is 34.8 Å². The Balaban J connectivity index is 3.75. The van der Waals surface area contributed by atoms with Gasteiger partial charge in [0.25, 0.3) is 0 Å². The van der Waals surface area contributed by atoms with E-state index in [0.29, 0.717) is 5.88 Å². The van der Waals surface area contributed by atoms with Crippen molar-refractivity contribution in [1.82, 2.24) is 0 Å². The third-order valence-corrected chi connectivity index (χ3v) is 3.27. The molecule has 0 spiro atoms. The fraction of sp³-hybridized carbons (Fsp3) is 1.00. The second kappa shape index (κ2) is 7.09. The molecule has 0 saturated heterocycles. The fourth-order valence-corrected chi connectivity index (χ4v) is 2.29. The predicted molar refractivity (Wildman–Crippen MR) is 64.1 cm³/mol. The van der Waals surface area contributed by atoms with Crippen LogP contribution in [0.1, 0.15) is 19.3 Å². The van der Waals surface area contributed by atoms with Crippen LogP contribution in [-0.2, 0) is 0 Å². The summed E-state index contributed by atoms with van der Waals surface area (Å²) in [5.41, 5.74) is 0. The van der Waals surface area contributed by atoms with Crippen LogP contribution in [-0.4, -0.2) is 20.4 Å². The van der Waals surface area contributed by atoms with Crippen LogP contribution < -0.4 is 0 Å². The van der Waals surface area contributed by atoms with Crippen molar-refractivity contribution in [1.29, 1.82) is 0 Å². The van der Waals surface area contributed by atoms with Gasteiger partial charge in [0.2, 0.25) is 0 Å². The van der Waals surface area contributed by atoms with Gasteiger partial charge in [0.1, 0.15) is 0 Å². The summed E-state index contributed by atoms with van der Waals surface area (Å²) < 4.78 is -1.33. The molecule has 6 heteroatoms. The molecule has 0 saturated carbocycles. The van der Waals surface area contributed by atoms with Gasteiger partial charge in [0.15, 0.2) is 3.79 Å². The van der Waals surface area contributed by atoms with Crippen molar-refractivity contribution >= 4 is 69.6 Å². The Labute approximate surface area is 109 Å². The lowest BCUT2D eigenvalue weighted by molar-refractivity contribution is 0.657. The molecule has 0 aliphatic heterocycles. The summed E-state index contributed by atoms with van der Waals surface area (Å²) in [5.74, 6) is 0.570. The molecule has 0 aliphatic rings. The summed E-state index contributed by atoms with van der Waals surface area (Å²) >= 11 is 34.1. The fourth-order valence-electron chi connectivity index (χ4n) is 0.802. The third kappa shape index (κ3) is 8.72. The molecule has 0 rings (SSSR count). The van der Waals surface area contributed by atoms with E-state index in [4.69, 9.17) is 69.6 Å². The van der Waals surface area contributed by atoms with Crippen LogP contribution >= 0.6 is 69.6 Å². The van der Waals surface area contributed by atoms with E-state index in [0.717, 1.165) is 12.8 Å². The highest BCUT2D eigenvalue weighted by Crippen LogP contribution is 2.35. The first-order chi connectivity index (χ1) is 5.87. The van der Waals surface area contributed by atoms with E-state index < -0.39 is 3.79 Å². The number of rotatable bonds is 5. The zero-order valence-electron chi connectivity index (χ0n) is 6.75. The Morgan fingerprint density at radius 2 is 1.54 bits per heavy atom. The van der Waals surface area contributed by atoms with Crippen molar-refractivity contribution in [3.63, 3.8) is 0 Å². The van der Waals surface area contributed by atoms with E-state index >= 15 is 0 Å². The van der Waals surface area contributed by atoms with Gasteiger partial charge in [0.05, 0.1) is 10.8 Å². The molecule has 0 bridgehead atoms. The van der Waals surface area contributed by atoms with Crippen LogP contribution in [0.5, 0.6) is 0 Å². The first-order valence-corrected chi connectivity index (χ1v) is 6.32. The maximum absolute atomic E-state index is 5.95. The Hall–Kier alpha value is 1.74. The summed E-state index contributed by atoms with van der Waals surface area (Å²) in [6, 6.07) is 0. The number of hydrogen-bond acceptors (Lipinski definition) is 0. The van der Waals surface area contributed by atoms with Crippen LogP contribution in [0.4, 0.5) is 0 Å². The lowest BCUT2D eigenvalue weighted by atomic mass is 10.1. The van der Waals surface area contributed by atoms with E-state index in [1.807, 2.05) is 0 Å². The summed E-state index contributed by atoms with van der Waals surface area (Å²) in [5, 5.41) is -0.534. The van der Waals surface area contributed by atoms with Crippen molar-refractivity contribution < 1.29 is 0 Å². The summed E-state index contributed by atoms with van der Waals surface area (Å²) in [7, 11) is 0. The average molecular weight is 307 g/mol. The molecule has 0 aromatic rings. The molecule has 0 heterocycles. The minimum absolute atomic E-state index is 0.198. The molecule has 2 unspecified atom stereocenters. The van der Waals surface area contributed by atoms with Gasteiger partial charge < -0.3 is 0 Å².